The van der Waals surface area contributed by atoms with Gasteiger partial charge < -0.3 is 40.5 Å². The van der Waals surface area contributed by atoms with Crippen LogP contribution in [0.5, 0.6) is 5.75 Å². The lowest BCUT2D eigenvalue weighted by Crippen LogP contribution is -2.57. The number of nitrogens with one attached hydrogen (secondary N) is 5. The summed E-state index contributed by atoms with van der Waals surface area (Å²) in [6.07, 6.45) is -6.53. The van der Waals surface area contributed by atoms with E-state index in [1.165, 1.54) is 0 Å². The van der Waals surface area contributed by atoms with Gasteiger partial charge in [-0.3, -0.25) is 28.8 Å². The van der Waals surface area contributed by atoms with E-state index in [2.05, 4.69) is 26.3 Å². The number of fused-ring (bicyclic) bond motifs is 2. The van der Waals surface area contributed by atoms with E-state index in [1.807, 2.05) is 36.4 Å². The second-order valence-electron chi connectivity index (χ2n) is 17.3. The molecule has 4 aromatic carbocycles. The molecule has 0 saturated carbocycles. The van der Waals surface area contributed by atoms with Crippen molar-refractivity contribution >= 4 is 74.5 Å². The van der Waals surface area contributed by atoms with E-state index in [9.17, 15) is 41.9 Å². The maximum absolute atomic E-state index is 14.4. The van der Waals surface area contributed by atoms with Crippen LogP contribution in [0.2, 0.25) is 5.02 Å². The van der Waals surface area contributed by atoms with Crippen molar-refractivity contribution in [2.75, 3.05) is 12.4 Å². The summed E-state index contributed by atoms with van der Waals surface area (Å²) in [5, 5.41) is 12.9. The lowest BCUT2D eigenvalue weighted by atomic mass is 10.0. The minimum absolute atomic E-state index is 0.0867. The third-order valence-electron chi connectivity index (χ3n) is 9.55. The summed E-state index contributed by atoms with van der Waals surface area (Å²) in [6, 6.07) is 17.2. The third-order valence-corrected chi connectivity index (χ3v) is 9.79. The Morgan fingerprint density at radius 3 is 1.98 bits per heavy atom. The number of hydrogen-bond acceptors (Lipinski definition) is 9. The molecule has 1 aromatic heterocycles. The van der Waals surface area contributed by atoms with Gasteiger partial charge in [0, 0.05) is 40.5 Å². The molecular weight excluding hydrogens is 871 g/mol. The molecule has 3 atom stereocenters. The molecule has 0 bridgehead atoms. The number of aromatic nitrogens is 1. The molecule has 5 aromatic rings. The molecule has 0 spiro atoms. The number of carbonyl (C=O) groups is 6. The van der Waals surface area contributed by atoms with Crippen LogP contribution in [0.3, 0.4) is 0 Å². The molecule has 5 N–H and O–H groups in total. The number of anilines is 1. The minimum Gasteiger partial charge on any atom is -0.497 e. The van der Waals surface area contributed by atoms with E-state index in [-0.39, 0.29) is 23.6 Å². The molecule has 18 heteroatoms. The largest absolute Gasteiger partial charge is 0.497 e. The Hall–Kier alpha value is -6.62. The summed E-state index contributed by atoms with van der Waals surface area (Å²) >= 11 is 6.16. The number of benzene rings is 4. The van der Waals surface area contributed by atoms with E-state index < -0.39 is 95.9 Å². The summed E-state index contributed by atoms with van der Waals surface area (Å²) in [5.41, 5.74) is -2.11. The topological polar surface area (TPSA) is 194 Å². The lowest BCUT2D eigenvalue weighted by molar-refractivity contribution is -0.157. The normalized spacial score (nSPS) is 13.3. The Bertz CT molecular complexity index is 2580. The van der Waals surface area contributed by atoms with Crippen molar-refractivity contribution in [1.29, 1.82) is 0 Å². The summed E-state index contributed by atoms with van der Waals surface area (Å²) in [6.45, 7) is 9.62. The lowest BCUT2D eigenvalue weighted by Gasteiger charge is -2.27. The molecule has 0 saturated heterocycles. The molecule has 0 aliphatic carbocycles. The maximum atomic E-state index is 14.4. The average molecular weight is 922 g/mol. The van der Waals surface area contributed by atoms with Crippen LogP contribution in [-0.4, -0.2) is 77.0 Å². The number of amides is 4. The molecule has 14 nitrogen and oxygen atoms in total. The van der Waals surface area contributed by atoms with Crippen molar-refractivity contribution in [3.05, 3.63) is 107 Å². The number of hydrogen-bond donors (Lipinski definition) is 5. The molecule has 5 rings (SSSR count). The first kappa shape index (κ1) is 49.4. The molecule has 0 aliphatic rings. The molecule has 0 aliphatic heterocycles. The second-order valence-corrected chi connectivity index (χ2v) is 17.7. The Morgan fingerprint density at radius 1 is 0.677 bits per heavy atom. The van der Waals surface area contributed by atoms with Gasteiger partial charge >= 0.3 is 18.1 Å². The maximum Gasteiger partial charge on any atom is 0.416 e. The summed E-state index contributed by atoms with van der Waals surface area (Å²) < 4.78 is 57.2. The molecular formula is C47H51ClF3N5O9. The summed E-state index contributed by atoms with van der Waals surface area (Å²) in [5.74, 6) is -5.64. The van der Waals surface area contributed by atoms with E-state index in [1.54, 1.807) is 71.9 Å². The van der Waals surface area contributed by atoms with Gasteiger partial charge in [-0.15, -0.1) is 0 Å². The Morgan fingerprint density at radius 2 is 1.32 bits per heavy atom. The number of carbonyl (C=O) groups excluding carboxylic acids is 6. The van der Waals surface area contributed by atoms with Gasteiger partial charge in [-0.05, 0) is 101 Å². The fraction of sp³-hybridized carbons (Fsp3) is 0.362. The number of H-pyrrole nitrogens is 1. The fourth-order valence-electron chi connectivity index (χ4n) is 6.68. The standard InChI is InChI=1S/C47H51ClF3N5O9/c1-45(2,3)64-39(57)17-16-35(41(59)52-32-22-30(47(49,50)51)23-33(24-32)63-7)54-44(62)38(25-40(58)65-46(4,5)6)56-42(60)36(19-26-12-13-27-10-8-9-11-28(27)18-26)55-43(61)37-21-29-20-31(48)14-15-34(29)53-37/h8-15,18,20-24,35-36,38,53H,16-17,19,25H2,1-7H3,(H,52,59)(H,54,62)(H,55,61)(H,56,60)/t35-,36-,38-/m0/s1. The predicted molar refractivity (Wildman–Crippen MR) is 238 cm³/mol. The van der Waals surface area contributed by atoms with Gasteiger partial charge in [-0.25, -0.2) is 0 Å². The quantitative estimate of drug-likeness (QED) is 0.0614. The van der Waals surface area contributed by atoms with Crippen LogP contribution < -0.4 is 26.0 Å². The zero-order chi connectivity index (χ0) is 47.9. The smallest absolute Gasteiger partial charge is 0.416 e. The van der Waals surface area contributed by atoms with Crippen molar-refractivity contribution in [2.24, 2.45) is 0 Å². The van der Waals surface area contributed by atoms with E-state index >= 15 is 0 Å². The SMILES string of the molecule is COc1cc(NC(=O)[C@H](CCC(=O)OC(C)(C)C)NC(=O)[C@H](CC(=O)OC(C)(C)C)NC(=O)[C@H](Cc2ccc3ccccc3c2)NC(=O)c2cc3cc(Cl)ccc3[nH]2)cc(C(F)(F)F)c1. The first-order valence-corrected chi connectivity index (χ1v) is 20.9. The minimum atomic E-state index is -4.82. The first-order chi connectivity index (χ1) is 30.3. The summed E-state index contributed by atoms with van der Waals surface area (Å²) in [4.78, 5) is 85.5. The number of alkyl halides is 3. The highest BCUT2D eigenvalue weighted by molar-refractivity contribution is 6.31. The zero-order valence-electron chi connectivity index (χ0n) is 36.8. The predicted octanol–water partition coefficient (Wildman–Crippen LogP) is 7.81. The van der Waals surface area contributed by atoms with E-state index in [0.29, 0.717) is 27.6 Å². The molecule has 65 heavy (non-hydrogen) atoms. The van der Waals surface area contributed by atoms with Crippen molar-refractivity contribution < 1.29 is 56.1 Å². The second kappa shape index (κ2) is 20.5. The highest BCUT2D eigenvalue weighted by Gasteiger charge is 2.35. The Balaban J connectivity index is 1.47. The Kier molecular flexibility index (Phi) is 15.6. The molecule has 0 fully saturated rings. The van der Waals surface area contributed by atoms with Crippen LogP contribution in [0.4, 0.5) is 18.9 Å². The van der Waals surface area contributed by atoms with Gasteiger partial charge in [-0.2, -0.15) is 13.2 Å². The number of ether oxygens (including phenoxy) is 3. The van der Waals surface area contributed by atoms with Crippen LogP contribution in [0.15, 0.2) is 84.9 Å². The van der Waals surface area contributed by atoms with Gasteiger partial charge in [0.2, 0.25) is 17.7 Å². The number of aromatic amines is 1. The zero-order valence-corrected chi connectivity index (χ0v) is 37.6. The van der Waals surface area contributed by atoms with E-state index in [0.717, 1.165) is 30.0 Å². The van der Waals surface area contributed by atoms with Crippen molar-refractivity contribution in [1.82, 2.24) is 20.9 Å². The first-order valence-electron chi connectivity index (χ1n) is 20.5. The highest BCUT2D eigenvalue weighted by Crippen LogP contribution is 2.34. The molecule has 1 heterocycles. The van der Waals surface area contributed by atoms with Gasteiger partial charge in [0.05, 0.1) is 19.1 Å². The van der Waals surface area contributed by atoms with Crippen molar-refractivity contribution in [3.8, 4) is 5.75 Å². The number of esters is 2. The molecule has 0 radical (unpaired) electrons. The highest BCUT2D eigenvalue weighted by atomic mass is 35.5. The fourth-order valence-corrected chi connectivity index (χ4v) is 6.86. The molecule has 4 amide bonds. The van der Waals surface area contributed by atoms with Gasteiger partial charge in [0.25, 0.3) is 5.91 Å². The van der Waals surface area contributed by atoms with Gasteiger partial charge in [0.1, 0.15) is 40.8 Å². The van der Waals surface area contributed by atoms with Gasteiger partial charge in [0.15, 0.2) is 0 Å². The van der Waals surface area contributed by atoms with Gasteiger partial charge in [-0.1, -0.05) is 54.1 Å². The number of methoxy groups -OCH3 is 1. The Labute approximate surface area is 378 Å². The van der Waals surface area contributed by atoms with Crippen LogP contribution in [0.1, 0.15) is 82.4 Å². The average Bonchev–Trinajstić information content (AvgIpc) is 3.63. The molecule has 346 valence electrons. The van der Waals surface area contributed by atoms with Crippen LogP contribution >= 0.6 is 11.6 Å². The third kappa shape index (κ3) is 14.7. The number of rotatable bonds is 16. The van der Waals surface area contributed by atoms with Crippen LogP contribution in [0.25, 0.3) is 21.7 Å². The number of halogens is 4. The van der Waals surface area contributed by atoms with Crippen LogP contribution in [-0.2, 0) is 46.0 Å². The van der Waals surface area contributed by atoms with Crippen molar-refractivity contribution in [3.63, 3.8) is 0 Å². The van der Waals surface area contributed by atoms with E-state index in [4.69, 9.17) is 25.8 Å². The summed E-state index contributed by atoms with van der Waals surface area (Å²) in [7, 11) is 1.14. The van der Waals surface area contributed by atoms with Crippen molar-refractivity contribution in [2.45, 2.75) is 103 Å². The van der Waals surface area contributed by atoms with Crippen LogP contribution in [0, 0.1) is 0 Å². The molecule has 0 unspecified atom stereocenters. The monoisotopic (exact) mass is 921 g/mol.